The van der Waals surface area contributed by atoms with Crippen LogP contribution in [-0.4, -0.2) is 29.6 Å². The fourth-order valence-electron chi connectivity index (χ4n) is 1.39. The Bertz CT molecular complexity index is 430. The molecule has 0 aliphatic rings. The van der Waals surface area contributed by atoms with Crippen LogP contribution in [0.15, 0.2) is 24.3 Å². The molecule has 1 aromatic carbocycles. The molecule has 1 rings (SSSR count). The minimum Gasteiger partial charge on any atom is -0.394 e. The second-order valence-electron chi connectivity index (χ2n) is 4.07. The standard InChI is InChI=1S/C13H17ClN2O3/c1-2-11(8-17)16-13(19)12(18)15-7-9-3-5-10(14)6-4-9/h3-6,11,17H,2,7-8H2,1H3,(H,15,18)(H,16,19)/t11-/m0/s1. The molecule has 0 saturated carbocycles. The van der Waals surface area contributed by atoms with Gasteiger partial charge < -0.3 is 15.7 Å². The highest BCUT2D eigenvalue weighted by molar-refractivity contribution is 6.35. The van der Waals surface area contributed by atoms with E-state index < -0.39 is 17.9 Å². The molecule has 0 aliphatic heterocycles. The third-order valence-corrected chi connectivity index (χ3v) is 2.87. The van der Waals surface area contributed by atoms with Gasteiger partial charge in [0.05, 0.1) is 12.6 Å². The number of benzene rings is 1. The zero-order valence-electron chi connectivity index (χ0n) is 10.6. The molecule has 0 saturated heterocycles. The minimum atomic E-state index is -0.741. The summed E-state index contributed by atoms with van der Waals surface area (Å²) in [7, 11) is 0. The van der Waals surface area contributed by atoms with Gasteiger partial charge in [0.15, 0.2) is 0 Å². The third-order valence-electron chi connectivity index (χ3n) is 2.62. The first-order valence-corrected chi connectivity index (χ1v) is 6.38. The minimum absolute atomic E-state index is 0.188. The quantitative estimate of drug-likeness (QED) is 0.701. The molecule has 0 aromatic heterocycles. The molecule has 0 aliphatic carbocycles. The summed E-state index contributed by atoms with van der Waals surface area (Å²) < 4.78 is 0. The van der Waals surface area contributed by atoms with Crippen molar-refractivity contribution >= 4 is 23.4 Å². The molecule has 0 heterocycles. The van der Waals surface area contributed by atoms with Gasteiger partial charge in [0.2, 0.25) is 0 Å². The molecule has 0 spiro atoms. The summed E-state index contributed by atoms with van der Waals surface area (Å²) in [6, 6.07) is 6.56. The summed E-state index contributed by atoms with van der Waals surface area (Å²) in [4.78, 5) is 23.0. The van der Waals surface area contributed by atoms with Gasteiger partial charge >= 0.3 is 11.8 Å². The number of hydrogen-bond donors (Lipinski definition) is 3. The maximum Gasteiger partial charge on any atom is 0.309 e. The molecule has 19 heavy (non-hydrogen) atoms. The number of amides is 2. The first kappa shape index (κ1) is 15.5. The topological polar surface area (TPSA) is 78.4 Å². The second kappa shape index (κ2) is 7.76. The molecular weight excluding hydrogens is 268 g/mol. The van der Waals surface area contributed by atoms with Gasteiger partial charge in [-0.15, -0.1) is 0 Å². The van der Waals surface area contributed by atoms with Crippen LogP contribution in [0.3, 0.4) is 0 Å². The van der Waals surface area contributed by atoms with Crippen LogP contribution in [-0.2, 0) is 16.1 Å². The Labute approximate surface area is 117 Å². The van der Waals surface area contributed by atoms with Crippen LogP contribution < -0.4 is 10.6 Å². The lowest BCUT2D eigenvalue weighted by molar-refractivity contribution is -0.139. The first-order valence-electron chi connectivity index (χ1n) is 6.00. The lowest BCUT2D eigenvalue weighted by atomic mass is 10.2. The van der Waals surface area contributed by atoms with E-state index >= 15 is 0 Å². The number of rotatable bonds is 5. The van der Waals surface area contributed by atoms with Crippen molar-refractivity contribution in [2.75, 3.05) is 6.61 Å². The van der Waals surface area contributed by atoms with E-state index in [0.29, 0.717) is 11.4 Å². The molecule has 2 amide bonds. The molecule has 1 atom stereocenters. The smallest absolute Gasteiger partial charge is 0.309 e. The van der Waals surface area contributed by atoms with Gasteiger partial charge in [-0.2, -0.15) is 0 Å². The predicted molar refractivity (Wildman–Crippen MR) is 72.6 cm³/mol. The van der Waals surface area contributed by atoms with Gasteiger partial charge in [-0.05, 0) is 24.1 Å². The van der Waals surface area contributed by atoms with Gasteiger partial charge in [-0.3, -0.25) is 9.59 Å². The van der Waals surface area contributed by atoms with Crippen molar-refractivity contribution in [3.05, 3.63) is 34.9 Å². The number of halogens is 1. The van der Waals surface area contributed by atoms with Crippen LogP contribution in [0.5, 0.6) is 0 Å². The van der Waals surface area contributed by atoms with Crippen LogP contribution in [0, 0.1) is 0 Å². The van der Waals surface area contributed by atoms with Gasteiger partial charge in [-0.1, -0.05) is 30.7 Å². The fourth-order valence-corrected chi connectivity index (χ4v) is 1.52. The number of carbonyl (C=O) groups excluding carboxylic acids is 2. The molecule has 0 bridgehead atoms. The largest absolute Gasteiger partial charge is 0.394 e. The van der Waals surface area contributed by atoms with Gasteiger partial charge in [0, 0.05) is 11.6 Å². The summed E-state index contributed by atoms with van der Waals surface area (Å²) in [5.74, 6) is -1.46. The molecule has 0 fully saturated rings. The zero-order chi connectivity index (χ0) is 14.3. The number of hydrogen-bond acceptors (Lipinski definition) is 3. The van der Waals surface area contributed by atoms with Crippen molar-refractivity contribution in [2.45, 2.75) is 25.9 Å². The molecule has 0 unspecified atom stereocenters. The summed E-state index contributed by atoms with van der Waals surface area (Å²) in [6.45, 7) is 1.87. The van der Waals surface area contributed by atoms with Crippen molar-refractivity contribution in [2.24, 2.45) is 0 Å². The van der Waals surface area contributed by atoms with Crippen molar-refractivity contribution in [3.63, 3.8) is 0 Å². The molecule has 1 aromatic rings. The Morgan fingerprint density at radius 3 is 2.42 bits per heavy atom. The highest BCUT2D eigenvalue weighted by Gasteiger charge is 2.16. The Kier molecular flexibility index (Phi) is 6.32. The maximum atomic E-state index is 11.5. The Hall–Kier alpha value is -1.59. The third kappa shape index (κ3) is 5.28. The summed E-state index contributed by atoms with van der Waals surface area (Å²) in [5.41, 5.74) is 0.847. The summed E-state index contributed by atoms with van der Waals surface area (Å²) in [6.07, 6.45) is 0.562. The molecule has 5 nitrogen and oxygen atoms in total. The monoisotopic (exact) mass is 284 g/mol. The van der Waals surface area contributed by atoms with Crippen LogP contribution in [0.4, 0.5) is 0 Å². The number of aliphatic hydroxyl groups excluding tert-OH is 1. The normalized spacial score (nSPS) is 11.7. The predicted octanol–water partition coefficient (Wildman–Crippen LogP) is 0.843. The Morgan fingerprint density at radius 2 is 1.89 bits per heavy atom. The van der Waals surface area contributed by atoms with E-state index in [4.69, 9.17) is 16.7 Å². The molecular formula is C13H17ClN2O3. The van der Waals surface area contributed by atoms with Crippen LogP contribution in [0.1, 0.15) is 18.9 Å². The fraction of sp³-hybridized carbons (Fsp3) is 0.385. The van der Waals surface area contributed by atoms with E-state index in [2.05, 4.69) is 10.6 Å². The SMILES string of the molecule is CC[C@@H](CO)NC(=O)C(=O)NCc1ccc(Cl)cc1. The van der Waals surface area contributed by atoms with Crippen molar-refractivity contribution < 1.29 is 14.7 Å². The van der Waals surface area contributed by atoms with E-state index in [1.165, 1.54) is 0 Å². The van der Waals surface area contributed by atoms with E-state index in [9.17, 15) is 9.59 Å². The van der Waals surface area contributed by atoms with Crippen molar-refractivity contribution in [1.82, 2.24) is 10.6 Å². The average molecular weight is 285 g/mol. The van der Waals surface area contributed by atoms with E-state index in [0.717, 1.165) is 5.56 Å². The highest BCUT2D eigenvalue weighted by atomic mass is 35.5. The Morgan fingerprint density at radius 1 is 1.26 bits per heavy atom. The molecule has 6 heteroatoms. The van der Waals surface area contributed by atoms with Gasteiger partial charge in [0.25, 0.3) is 0 Å². The van der Waals surface area contributed by atoms with Crippen LogP contribution >= 0.6 is 11.6 Å². The van der Waals surface area contributed by atoms with E-state index in [-0.39, 0.29) is 13.2 Å². The number of aliphatic hydroxyl groups is 1. The zero-order valence-corrected chi connectivity index (χ0v) is 11.4. The molecule has 104 valence electrons. The van der Waals surface area contributed by atoms with Crippen molar-refractivity contribution in [1.29, 1.82) is 0 Å². The summed E-state index contributed by atoms with van der Waals surface area (Å²) in [5, 5.41) is 14.5. The highest BCUT2D eigenvalue weighted by Crippen LogP contribution is 2.08. The van der Waals surface area contributed by atoms with Crippen molar-refractivity contribution in [3.8, 4) is 0 Å². The van der Waals surface area contributed by atoms with E-state index in [1.807, 2.05) is 6.92 Å². The van der Waals surface area contributed by atoms with Gasteiger partial charge in [-0.25, -0.2) is 0 Å². The van der Waals surface area contributed by atoms with E-state index in [1.54, 1.807) is 24.3 Å². The van der Waals surface area contributed by atoms with Crippen LogP contribution in [0.2, 0.25) is 5.02 Å². The number of nitrogens with one attached hydrogen (secondary N) is 2. The lowest BCUT2D eigenvalue weighted by Gasteiger charge is -2.13. The second-order valence-corrected chi connectivity index (χ2v) is 4.51. The average Bonchev–Trinajstić information content (AvgIpc) is 2.43. The van der Waals surface area contributed by atoms with Gasteiger partial charge in [0.1, 0.15) is 0 Å². The Balaban J connectivity index is 2.42. The maximum absolute atomic E-state index is 11.5. The summed E-state index contributed by atoms with van der Waals surface area (Å²) >= 11 is 5.74. The first-order chi connectivity index (χ1) is 9.06. The molecule has 0 radical (unpaired) electrons. The van der Waals surface area contributed by atoms with Crippen LogP contribution in [0.25, 0.3) is 0 Å². The molecule has 3 N–H and O–H groups in total. The lowest BCUT2D eigenvalue weighted by Crippen LogP contribution is -2.45. The number of carbonyl (C=O) groups is 2.